The number of rotatable bonds is 1. The zero-order valence-electron chi connectivity index (χ0n) is 10.4. The van der Waals surface area contributed by atoms with Gasteiger partial charge in [-0.2, -0.15) is 0 Å². The normalized spacial score (nSPS) is 25.1. The van der Waals surface area contributed by atoms with Gasteiger partial charge in [0.05, 0.1) is 11.8 Å². The summed E-state index contributed by atoms with van der Waals surface area (Å²) in [5, 5.41) is 13.4. The molecule has 0 bridgehead atoms. The number of aliphatic hydroxyl groups is 1. The lowest BCUT2D eigenvalue weighted by Crippen LogP contribution is -2.45. The molecule has 5 nitrogen and oxygen atoms in total. The van der Waals surface area contributed by atoms with Crippen molar-refractivity contribution in [2.45, 2.75) is 33.3 Å². The fourth-order valence-electron chi connectivity index (χ4n) is 2.26. The summed E-state index contributed by atoms with van der Waals surface area (Å²) < 4.78 is 5.01. The fraction of sp³-hybridized carbons (Fsp3) is 0.667. The maximum absolute atomic E-state index is 12.3. The lowest BCUT2D eigenvalue weighted by Gasteiger charge is -2.34. The molecule has 1 fully saturated rings. The summed E-state index contributed by atoms with van der Waals surface area (Å²) in [4.78, 5) is 14.1. The van der Waals surface area contributed by atoms with Crippen LogP contribution in [0, 0.1) is 19.8 Å². The highest BCUT2D eigenvalue weighted by Gasteiger charge is 2.30. The molecule has 1 amide bonds. The molecule has 17 heavy (non-hydrogen) atoms. The SMILES string of the molecule is Cc1noc(C)c1C(=O)N1CCC(O)C(C)C1. The summed E-state index contributed by atoms with van der Waals surface area (Å²) >= 11 is 0. The van der Waals surface area contributed by atoms with Crippen LogP contribution >= 0.6 is 0 Å². The predicted octanol–water partition coefficient (Wildman–Crippen LogP) is 1.13. The largest absolute Gasteiger partial charge is 0.393 e. The van der Waals surface area contributed by atoms with Crippen molar-refractivity contribution < 1.29 is 14.4 Å². The highest BCUT2D eigenvalue weighted by Crippen LogP contribution is 2.21. The van der Waals surface area contributed by atoms with Gasteiger partial charge in [0.15, 0.2) is 0 Å². The first-order valence-electron chi connectivity index (χ1n) is 5.91. The average molecular weight is 238 g/mol. The second-order valence-corrected chi connectivity index (χ2v) is 4.78. The molecule has 0 saturated carbocycles. The van der Waals surface area contributed by atoms with Crippen LogP contribution in [0.4, 0.5) is 0 Å². The first-order valence-corrected chi connectivity index (χ1v) is 5.91. The van der Waals surface area contributed by atoms with Gasteiger partial charge in [-0.1, -0.05) is 12.1 Å². The average Bonchev–Trinajstić information content (AvgIpc) is 2.62. The summed E-state index contributed by atoms with van der Waals surface area (Å²) in [5.41, 5.74) is 1.19. The van der Waals surface area contributed by atoms with Crippen molar-refractivity contribution in [3.63, 3.8) is 0 Å². The fourth-order valence-corrected chi connectivity index (χ4v) is 2.26. The van der Waals surface area contributed by atoms with Gasteiger partial charge < -0.3 is 14.5 Å². The zero-order valence-corrected chi connectivity index (χ0v) is 10.4. The van der Waals surface area contributed by atoms with Gasteiger partial charge in [-0.3, -0.25) is 4.79 Å². The molecule has 0 aromatic carbocycles. The molecule has 0 radical (unpaired) electrons. The molecule has 2 atom stereocenters. The second-order valence-electron chi connectivity index (χ2n) is 4.78. The predicted molar refractivity (Wildman–Crippen MR) is 61.7 cm³/mol. The maximum Gasteiger partial charge on any atom is 0.259 e. The highest BCUT2D eigenvalue weighted by molar-refractivity contribution is 5.96. The number of aliphatic hydroxyl groups excluding tert-OH is 1. The van der Waals surface area contributed by atoms with Crippen LogP contribution in [-0.4, -0.2) is 40.3 Å². The Morgan fingerprint density at radius 1 is 1.53 bits per heavy atom. The Balaban J connectivity index is 2.16. The van der Waals surface area contributed by atoms with Crippen molar-refractivity contribution >= 4 is 5.91 Å². The number of aryl methyl sites for hydroxylation is 2. The zero-order chi connectivity index (χ0) is 12.6. The van der Waals surface area contributed by atoms with Gasteiger partial charge in [0, 0.05) is 13.1 Å². The van der Waals surface area contributed by atoms with Crippen molar-refractivity contribution in [2.24, 2.45) is 5.92 Å². The van der Waals surface area contributed by atoms with Crippen LogP contribution in [0.25, 0.3) is 0 Å². The number of likely N-dealkylation sites (tertiary alicyclic amines) is 1. The van der Waals surface area contributed by atoms with Gasteiger partial charge in [0.1, 0.15) is 11.3 Å². The molecule has 1 saturated heterocycles. The molecule has 1 aliphatic heterocycles. The van der Waals surface area contributed by atoms with E-state index in [0.717, 1.165) is 0 Å². The third-order valence-electron chi connectivity index (χ3n) is 3.39. The van der Waals surface area contributed by atoms with E-state index in [2.05, 4.69) is 5.16 Å². The van der Waals surface area contributed by atoms with E-state index in [-0.39, 0.29) is 17.9 Å². The molecule has 2 unspecified atom stereocenters. The van der Waals surface area contributed by atoms with Crippen molar-refractivity contribution in [3.05, 3.63) is 17.0 Å². The number of carbonyl (C=O) groups is 1. The number of carbonyl (C=O) groups excluding carboxylic acids is 1. The van der Waals surface area contributed by atoms with Gasteiger partial charge in [0.25, 0.3) is 5.91 Å². The van der Waals surface area contributed by atoms with E-state index in [1.165, 1.54) is 0 Å². The van der Waals surface area contributed by atoms with E-state index in [4.69, 9.17) is 4.52 Å². The van der Waals surface area contributed by atoms with Crippen molar-refractivity contribution in [3.8, 4) is 0 Å². The van der Waals surface area contributed by atoms with E-state index < -0.39 is 0 Å². The maximum atomic E-state index is 12.3. The molecular weight excluding hydrogens is 220 g/mol. The van der Waals surface area contributed by atoms with E-state index in [1.807, 2.05) is 6.92 Å². The van der Waals surface area contributed by atoms with E-state index >= 15 is 0 Å². The van der Waals surface area contributed by atoms with Gasteiger partial charge in [-0.15, -0.1) is 0 Å². The van der Waals surface area contributed by atoms with E-state index in [0.29, 0.717) is 36.5 Å². The molecule has 1 aromatic rings. The third-order valence-corrected chi connectivity index (χ3v) is 3.39. The molecule has 1 aliphatic rings. The Morgan fingerprint density at radius 2 is 2.24 bits per heavy atom. The first-order chi connectivity index (χ1) is 8.00. The van der Waals surface area contributed by atoms with Crippen molar-refractivity contribution in [1.82, 2.24) is 10.1 Å². The Kier molecular flexibility index (Phi) is 3.19. The first kappa shape index (κ1) is 12.1. The third kappa shape index (κ3) is 2.20. The van der Waals surface area contributed by atoms with Gasteiger partial charge in [-0.05, 0) is 26.2 Å². The van der Waals surface area contributed by atoms with Gasteiger partial charge in [0.2, 0.25) is 0 Å². The number of hydrogen-bond donors (Lipinski definition) is 1. The molecule has 94 valence electrons. The molecular formula is C12H18N2O3. The van der Waals surface area contributed by atoms with Crippen LogP contribution in [-0.2, 0) is 0 Å². The smallest absolute Gasteiger partial charge is 0.259 e. The Labute approximate surface area is 100 Å². The number of hydrogen-bond acceptors (Lipinski definition) is 4. The summed E-state index contributed by atoms with van der Waals surface area (Å²) in [6.45, 7) is 6.65. The van der Waals surface area contributed by atoms with Gasteiger partial charge in [-0.25, -0.2) is 0 Å². The Morgan fingerprint density at radius 3 is 2.76 bits per heavy atom. The number of nitrogens with zero attached hydrogens (tertiary/aromatic N) is 2. The topological polar surface area (TPSA) is 66.6 Å². The molecule has 0 aliphatic carbocycles. The highest BCUT2D eigenvalue weighted by atomic mass is 16.5. The molecule has 2 rings (SSSR count). The number of aromatic nitrogens is 1. The van der Waals surface area contributed by atoms with Crippen LogP contribution in [0.3, 0.4) is 0 Å². The van der Waals surface area contributed by atoms with Crippen LogP contribution < -0.4 is 0 Å². The number of amides is 1. The summed E-state index contributed by atoms with van der Waals surface area (Å²) in [6, 6.07) is 0. The standard InChI is InChI=1S/C12H18N2O3/c1-7-6-14(5-4-10(7)15)12(16)11-8(2)13-17-9(11)3/h7,10,15H,4-6H2,1-3H3. The minimum Gasteiger partial charge on any atom is -0.393 e. The van der Waals surface area contributed by atoms with Crippen molar-refractivity contribution in [1.29, 1.82) is 0 Å². The molecule has 5 heteroatoms. The lowest BCUT2D eigenvalue weighted by atomic mass is 9.96. The summed E-state index contributed by atoms with van der Waals surface area (Å²) in [7, 11) is 0. The van der Waals surface area contributed by atoms with Gasteiger partial charge >= 0.3 is 0 Å². The minimum atomic E-state index is -0.302. The molecule has 1 N–H and O–H groups in total. The van der Waals surface area contributed by atoms with Crippen LogP contribution in [0.1, 0.15) is 35.2 Å². The lowest BCUT2D eigenvalue weighted by molar-refractivity contribution is 0.0296. The van der Waals surface area contributed by atoms with E-state index in [1.54, 1.807) is 18.7 Å². The quantitative estimate of drug-likeness (QED) is 0.796. The molecule has 2 heterocycles. The van der Waals surface area contributed by atoms with Crippen LogP contribution in [0.15, 0.2) is 4.52 Å². The monoisotopic (exact) mass is 238 g/mol. The Hall–Kier alpha value is -1.36. The Bertz CT molecular complexity index is 408. The minimum absolute atomic E-state index is 0.0417. The summed E-state index contributed by atoms with van der Waals surface area (Å²) in [6.07, 6.45) is 0.333. The van der Waals surface area contributed by atoms with E-state index in [9.17, 15) is 9.90 Å². The second kappa shape index (κ2) is 4.49. The summed E-state index contributed by atoms with van der Waals surface area (Å²) in [5.74, 6) is 0.638. The molecule has 0 spiro atoms. The number of piperidine rings is 1. The van der Waals surface area contributed by atoms with Crippen LogP contribution in [0.5, 0.6) is 0 Å². The van der Waals surface area contributed by atoms with Crippen molar-refractivity contribution in [2.75, 3.05) is 13.1 Å². The van der Waals surface area contributed by atoms with Crippen LogP contribution in [0.2, 0.25) is 0 Å². The molecule has 1 aromatic heterocycles.